The van der Waals surface area contributed by atoms with Crippen molar-refractivity contribution in [1.29, 1.82) is 0 Å². The molecule has 1 unspecified atom stereocenters. The van der Waals surface area contributed by atoms with E-state index in [9.17, 15) is 14.0 Å². The van der Waals surface area contributed by atoms with Gasteiger partial charge in [-0.05, 0) is 36.6 Å². The molecular weight excluding hydrogens is 626 g/mol. The van der Waals surface area contributed by atoms with E-state index in [1.54, 1.807) is 23.0 Å². The molecule has 4 aromatic heterocycles. The van der Waals surface area contributed by atoms with Gasteiger partial charge < -0.3 is 19.3 Å². The average molecular weight is 657 g/mol. The minimum atomic E-state index is -0.817. The average Bonchev–Trinajstić information content (AvgIpc) is 3.78. The maximum absolute atomic E-state index is 16.1. The Labute approximate surface area is 272 Å². The molecule has 0 fully saturated rings. The third kappa shape index (κ3) is 5.15. The molecule has 5 aromatic rings. The highest BCUT2D eigenvalue weighted by atomic mass is 32.1. The molecule has 2 aliphatic rings. The monoisotopic (exact) mass is 656 g/mol. The van der Waals surface area contributed by atoms with Gasteiger partial charge in [0, 0.05) is 60.2 Å². The number of fused-ring (bicyclic) bond motifs is 3. The lowest BCUT2D eigenvalue weighted by Gasteiger charge is -2.33. The van der Waals surface area contributed by atoms with E-state index in [0.717, 1.165) is 17.8 Å². The Balaban J connectivity index is 1.49. The number of rotatable bonds is 8. The van der Waals surface area contributed by atoms with Crippen molar-refractivity contribution in [1.82, 2.24) is 24.6 Å². The van der Waals surface area contributed by atoms with Crippen LogP contribution in [0.3, 0.4) is 0 Å². The van der Waals surface area contributed by atoms with Crippen molar-refractivity contribution in [3.8, 4) is 39.5 Å². The maximum Gasteiger partial charge on any atom is 0.246 e. The number of amides is 2. The first kappa shape index (κ1) is 30.6. The van der Waals surface area contributed by atoms with Crippen LogP contribution in [0.15, 0.2) is 54.6 Å². The van der Waals surface area contributed by atoms with E-state index >= 15 is 4.39 Å². The van der Waals surface area contributed by atoms with Gasteiger partial charge in [0.2, 0.25) is 11.8 Å². The van der Waals surface area contributed by atoms with Crippen molar-refractivity contribution in [3.63, 3.8) is 0 Å². The quantitative estimate of drug-likeness (QED) is 0.154. The van der Waals surface area contributed by atoms with Gasteiger partial charge in [0.1, 0.15) is 35.4 Å². The predicted octanol–water partition coefficient (Wildman–Crippen LogP) is 5.80. The molecule has 0 N–H and O–H groups in total. The number of benzene rings is 1. The number of halogens is 2. The number of thiophene rings is 1. The second-order valence-corrected chi connectivity index (χ2v) is 12.3. The molecule has 0 saturated heterocycles. The van der Waals surface area contributed by atoms with Crippen LogP contribution >= 0.6 is 11.3 Å². The Bertz CT molecular complexity index is 2090. The summed E-state index contributed by atoms with van der Waals surface area (Å²) in [5, 5.41) is 7.50. The van der Waals surface area contributed by atoms with E-state index in [2.05, 4.69) is 11.6 Å². The third-order valence-electron chi connectivity index (χ3n) is 8.66. The molecule has 7 rings (SSSR count). The Hall–Kier alpha value is -5.01. The largest absolute Gasteiger partial charge is 0.490 e. The number of nitrogens with zero attached hydrogens (tertiary/aromatic N) is 6. The number of pyridine rings is 2. The van der Waals surface area contributed by atoms with Gasteiger partial charge in [0.05, 0.1) is 53.9 Å². The summed E-state index contributed by atoms with van der Waals surface area (Å²) in [6.45, 7) is 6.70. The van der Waals surface area contributed by atoms with Crippen molar-refractivity contribution in [2.45, 2.75) is 25.9 Å². The summed E-state index contributed by atoms with van der Waals surface area (Å²) >= 11 is 1.38. The number of likely N-dealkylation sites (N-methyl/N-ethyl adjacent to an activating group) is 1. The molecule has 13 heteroatoms. The summed E-state index contributed by atoms with van der Waals surface area (Å²) in [6.07, 6.45) is 3.19. The number of carbonyl (C=O) groups is 2. The van der Waals surface area contributed by atoms with Crippen molar-refractivity contribution < 1.29 is 27.8 Å². The highest BCUT2D eigenvalue weighted by Crippen LogP contribution is 2.47. The summed E-state index contributed by atoms with van der Waals surface area (Å²) in [6, 6.07) is 7.29. The highest BCUT2D eigenvalue weighted by molar-refractivity contribution is 7.18. The van der Waals surface area contributed by atoms with Gasteiger partial charge in [0.15, 0.2) is 0 Å². The van der Waals surface area contributed by atoms with Crippen LogP contribution in [-0.2, 0) is 27.3 Å². The number of ether oxygens (including phenoxy) is 2. The van der Waals surface area contributed by atoms with Crippen LogP contribution in [-0.4, -0.2) is 70.4 Å². The third-order valence-corrected chi connectivity index (χ3v) is 9.59. The standard InChI is InChI=1S/C34H30F2N6O4S/c1-5-28(43)41-7-8-42-25(18(41)2)15-24(39-42)33-31(30-22(36)13-20(35)14-27(30)46-10-9-45-4)34-21(6-11-47-34)32(38-33)19-12-26-23(37-17-19)16-29(44)40(26)3/h5-6,11-15,17-18H,1,7-10,16H2,2-4H3. The van der Waals surface area contributed by atoms with Crippen molar-refractivity contribution in [3.05, 3.63) is 77.6 Å². The van der Waals surface area contributed by atoms with Crippen LogP contribution in [0.1, 0.15) is 24.4 Å². The number of aromatic nitrogens is 4. The second-order valence-electron chi connectivity index (χ2n) is 11.4. The molecule has 6 heterocycles. The van der Waals surface area contributed by atoms with E-state index in [-0.39, 0.29) is 48.8 Å². The van der Waals surface area contributed by atoms with E-state index in [0.29, 0.717) is 62.8 Å². The first-order valence-corrected chi connectivity index (χ1v) is 15.9. The van der Waals surface area contributed by atoms with Gasteiger partial charge in [-0.2, -0.15) is 5.10 Å². The van der Waals surface area contributed by atoms with Gasteiger partial charge in [-0.15, -0.1) is 11.3 Å². The fraction of sp³-hybridized carbons (Fsp3) is 0.265. The zero-order valence-corrected chi connectivity index (χ0v) is 26.7. The normalized spacial score (nSPS) is 15.7. The van der Waals surface area contributed by atoms with Crippen molar-refractivity contribution in [2.75, 3.05) is 38.8 Å². The van der Waals surface area contributed by atoms with Gasteiger partial charge in [-0.1, -0.05) is 6.58 Å². The predicted molar refractivity (Wildman–Crippen MR) is 174 cm³/mol. The van der Waals surface area contributed by atoms with Crippen LogP contribution < -0.4 is 9.64 Å². The second kappa shape index (κ2) is 12.0. The van der Waals surface area contributed by atoms with Gasteiger partial charge in [-0.3, -0.25) is 19.3 Å². The molecule has 2 aliphatic heterocycles. The highest BCUT2D eigenvalue weighted by Gasteiger charge is 2.32. The molecule has 2 amide bonds. The van der Waals surface area contributed by atoms with Gasteiger partial charge in [0.25, 0.3) is 0 Å². The number of hydrogen-bond donors (Lipinski definition) is 0. The lowest BCUT2D eigenvalue weighted by atomic mass is 9.96. The molecular formula is C34H30F2N6O4S. The van der Waals surface area contributed by atoms with Crippen LogP contribution in [0.25, 0.3) is 43.9 Å². The first-order chi connectivity index (χ1) is 22.7. The summed E-state index contributed by atoms with van der Waals surface area (Å²) in [5.41, 5.74) is 4.61. The molecule has 0 saturated carbocycles. The molecule has 1 atom stereocenters. The molecule has 47 heavy (non-hydrogen) atoms. The minimum absolute atomic E-state index is 0.00415. The Morgan fingerprint density at radius 1 is 1.15 bits per heavy atom. The van der Waals surface area contributed by atoms with Gasteiger partial charge in [-0.25, -0.2) is 13.8 Å². The summed E-state index contributed by atoms with van der Waals surface area (Å²) in [5.74, 6) is -1.84. The first-order valence-electron chi connectivity index (χ1n) is 15.0. The number of hydrogen-bond acceptors (Lipinski definition) is 8. The Morgan fingerprint density at radius 2 is 1.98 bits per heavy atom. The van der Waals surface area contributed by atoms with Crippen LogP contribution in [0.2, 0.25) is 0 Å². The van der Waals surface area contributed by atoms with E-state index in [1.807, 2.05) is 35.2 Å². The van der Waals surface area contributed by atoms with Crippen LogP contribution in [0.5, 0.6) is 5.75 Å². The minimum Gasteiger partial charge on any atom is -0.490 e. The topological polar surface area (TPSA) is 103 Å². The number of carbonyl (C=O) groups excluding carboxylic acids is 2. The molecule has 1 aromatic carbocycles. The molecule has 0 radical (unpaired) electrons. The summed E-state index contributed by atoms with van der Waals surface area (Å²) in [4.78, 5) is 38.1. The van der Waals surface area contributed by atoms with E-state index in [4.69, 9.17) is 19.6 Å². The molecule has 0 spiro atoms. The lowest BCUT2D eigenvalue weighted by molar-refractivity contribution is -0.129. The summed E-state index contributed by atoms with van der Waals surface area (Å²) < 4.78 is 44.2. The summed E-state index contributed by atoms with van der Waals surface area (Å²) in [7, 11) is 3.22. The van der Waals surface area contributed by atoms with Crippen molar-refractivity contribution in [2.24, 2.45) is 0 Å². The Morgan fingerprint density at radius 3 is 2.77 bits per heavy atom. The lowest BCUT2D eigenvalue weighted by Crippen LogP contribution is -2.40. The fourth-order valence-electron chi connectivity index (χ4n) is 6.27. The zero-order valence-electron chi connectivity index (χ0n) is 25.9. The SMILES string of the molecule is C=CC(=O)N1CCn2nc(-c3nc(-c4cnc5c(c4)N(C)C(=O)C5)c4ccsc4c3-c3c(F)cc(F)cc3OCCOC)cc2C1C. The Kier molecular flexibility index (Phi) is 7.80. The molecule has 0 bridgehead atoms. The fourth-order valence-corrected chi connectivity index (χ4v) is 7.22. The van der Waals surface area contributed by atoms with Crippen LogP contribution in [0, 0.1) is 11.6 Å². The number of methoxy groups -OCH3 is 1. The smallest absolute Gasteiger partial charge is 0.246 e. The molecule has 10 nitrogen and oxygen atoms in total. The number of anilines is 1. The molecule has 0 aliphatic carbocycles. The van der Waals surface area contributed by atoms with Gasteiger partial charge >= 0.3 is 0 Å². The van der Waals surface area contributed by atoms with E-state index < -0.39 is 11.6 Å². The van der Waals surface area contributed by atoms with Crippen molar-refractivity contribution >= 4 is 38.9 Å². The molecule has 240 valence electrons. The maximum atomic E-state index is 16.1. The zero-order chi connectivity index (χ0) is 33.0. The van der Waals surface area contributed by atoms with Crippen LogP contribution in [0.4, 0.5) is 14.5 Å². The van der Waals surface area contributed by atoms with E-state index in [1.165, 1.54) is 24.5 Å².